The second-order valence-corrected chi connectivity index (χ2v) is 7.91. The Kier molecular flexibility index (Phi) is 4.11. The Balaban J connectivity index is 1.39. The summed E-state index contributed by atoms with van der Waals surface area (Å²) in [5.41, 5.74) is 1.72. The molecule has 142 valence electrons. The van der Waals surface area contributed by atoms with Gasteiger partial charge in [-0.1, -0.05) is 0 Å². The van der Waals surface area contributed by atoms with Crippen molar-refractivity contribution in [1.82, 2.24) is 15.2 Å². The standard InChI is InChI=1S/C20H24N4O3/c25-19-3-1-2-6-24(19)17-12-27-18-10-21-15(9-14(17)18)20(26)22-16-11-23-7-4-13(16)5-8-23/h9-10,12-13,16H,1-8,11H2,(H,22,26). The number of rotatable bonds is 3. The third kappa shape index (κ3) is 3.00. The third-order valence-corrected chi connectivity index (χ3v) is 6.26. The lowest BCUT2D eigenvalue weighted by Crippen LogP contribution is -2.57. The number of anilines is 1. The van der Waals surface area contributed by atoms with Gasteiger partial charge < -0.3 is 19.5 Å². The van der Waals surface area contributed by atoms with E-state index in [4.69, 9.17) is 4.42 Å². The van der Waals surface area contributed by atoms with Crippen LogP contribution in [-0.2, 0) is 4.79 Å². The van der Waals surface area contributed by atoms with Crippen LogP contribution in [0.15, 0.2) is 22.9 Å². The summed E-state index contributed by atoms with van der Waals surface area (Å²) >= 11 is 0. The van der Waals surface area contributed by atoms with Crippen LogP contribution in [0.4, 0.5) is 5.69 Å². The Morgan fingerprint density at radius 2 is 2.07 bits per heavy atom. The van der Waals surface area contributed by atoms with Gasteiger partial charge in [0.1, 0.15) is 12.0 Å². The van der Waals surface area contributed by atoms with Crippen LogP contribution in [0.1, 0.15) is 42.6 Å². The molecule has 4 aliphatic heterocycles. The van der Waals surface area contributed by atoms with Gasteiger partial charge in [0.25, 0.3) is 5.91 Å². The topological polar surface area (TPSA) is 78.7 Å². The SMILES string of the molecule is O=C(NC1CN2CCC1CC2)c1cc2c(N3CCCCC3=O)coc2cn1. The Hall–Kier alpha value is -2.41. The molecule has 0 saturated carbocycles. The number of carbonyl (C=O) groups is 2. The molecule has 7 nitrogen and oxygen atoms in total. The van der Waals surface area contributed by atoms with Crippen LogP contribution in [-0.4, -0.2) is 53.9 Å². The number of nitrogens with zero attached hydrogens (tertiary/aromatic N) is 3. The highest BCUT2D eigenvalue weighted by atomic mass is 16.3. The van der Waals surface area contributed by atoms with Gasteiger partial charge >= 0.3 is 0 Å². The molecule has 27 heavy (non-hydrogen) atoms. The van der Waals surface area contributed by atoms with Crippen LogP contribution in [0, 0.1) is 5.92 Å². The fraction of sp³-hybridized carbons (Fsp3) is 0.550. The fourth-order valence-corrected chi connectivity index (χ4v) is 4.68. The van der Waals surface area contributed by atoms with E-state index in [2.05, 4.69) is 15.2 Å². The van der Waals surface area contributed by atoms with Crippen molar-refractivity contribution in [3.63, 3.8) is 0 Å². The average molecular weight is 368 g/mol. The van der Waals surface area contributed by atoms with Gasteiger partial charge in [0.2, 0.25) is 5.91 Å². The van der Waals surface area contributed by atoms with Gasteiger partial charge in [-0.2, -0.15) is 0 Å². The molecular formula is C20H24N4O3. The maximum Gasteiger partial charge on any atom is 0.270 e. The summed E-state index contributed by atoms with van der Waals surface area (Å²) in [6.07, 6.45) is 7.96. The fourth-order valence-electron chi connectivity index (χ4n) is 4.68. The van der Waals surface area contributed by atoms with Crippen LogP contribution in [0.5, 0.6) is 0 Å². The lowest BCUT2D eigenvalue weighted by molar-refractivity contribution is -0.119. The summed E-state index contributed by atoms with van der Waals surface area (Å²) in [5.74, 6) is 0.532. The van der Waals surface area contributed by atoms with Crippen LogP contribution >= 0.6 is 0 Å². The van der Waals surface area contributed by atoms with E-state index in [1.165, 1.54) is 0 Å². The van der Waals surface area contributed by atoms with Crippen LogP contribution in [0.25, 0.3) is 11.0 Å². The van der Waals surface area contributed by atoms with Crippen molar-refractivity contribution >= 4 is 28.5 Å². The second kappa shape index (κ2) is 6.64. The van der Waals surface area contributed by atoms with E-state index in [1.54, 1.807) is 23.4 Å². The van der Waals surface area contributed by atoms with Crippen molar-refractivity contribution < 1.29 is 14.0 Å². The molecule has 2 bridgehead atoms. The minimum absolute atomic E-state index is 0.110. The lowest BCUT2D eigenvalue weighted by atomic mass is 9.84. The largest absolute Gasteiger partial charge is 0.460 e. The number of nitrogens with one attached hydrogen (secondary N) is 1. The molecule has 6 heterocycles. The van der Waals surface area contributed by atoms with Crippen LogP contribution in [0.2, 0.25) is 0 Å². The van der Waals surface area contributed by atoms with Crippen LogP contribution in [0.3, 0.4) is 0 Å². The lowest BCUT2D eigenvalue weighted by Gasteiger charge is -2.44. The number of fused-ring (bicyclic) bond motifs is 4. The molecule has 6 rings (SSSR count). The third-order valence-electron chi connectivity index (χ3n) is 6.26. The summed E-state index contributed by atoms with van der Waals surface area (Å²) in [7, 11) is 0. The minimum Gasteiger partial charge on any atom is -0.460 e. The quantitative estimate of drug-likeness (QED) is 0.898. The average Bonchev–Trinajstić information content (AvgIpc) is 3.12. The number of aromatic nitrogens is 1. The predicted molar refractivity (Wildman–Crippen MR) is 101 cm³/mol. The predicted octanol–water partition coefficient (Wildman–Crippen LogP) is 2.17. The highest BCUT2D eigenvalue weighted by Gasteiger charge is 2.35. The molecule has 7 heteroatoms. The molecular weight excluding hydrogens is 344 g/mol. The van der Waals surface area contributed by atoms with Crippen LogP contribution < -0.4 is 10.2 Å². The maximum atomic E-state index is 12.8. The van der Waals surface area contributed by atoms with E-state index in [0.717, 1.165) is 56.4 Å². The van der Waals surface area contributed by atoms with E-state index in [9.17, 15) is 9.59 Å². The number of carbonyl (C=O) groups excluding carboxylic acids is 2. The molecule has 1 N–H and O–H groups in total. The van der Waals surface area contributed by atoms with Gasteiger partial charge in [-0.05, 0) is 50.8 Å². The number of hydrogen-bond acceptors (Lipinski definition) is 5. The Bertz CT molecular complexity index is 884. The van der Waals surface area contributed by atoms with E-state index < -0.39 is 0 Å². The number of furan rings is 1. The van der Waals surface area contributed by atoms with E-state index >= 15 is 0 Å². The normalized spacial score (nSPS) is 27.9. The Morgan fingerprint density at radius 1 is 1.22 bits per heavy atom. The van der Waals surface area contributed by atoms with Gasteiger partial charge in [0, 0.05) is 30.9 Å². The number of piperidine rings is 4. The molecule has 4 aliphatic rings. The monoisotopic (exact) mass is 368 g/mol. The first-order chi connectivity index (χ1) is 13.2. The first-order valence-corrected chi connectivity index (χ1v) is 9.90. The second-order valence-electron chi connectivity index (χ2n) is 7.91. The highest BCUT2D eigenvalue weighted by molar-refractivity contribution is 6.04. The highest BCUT2D eigenvalue weighted by Crippen LogP contribution is 2.32. The molecule has 2 amide bonds. The molecule has 0 aromatic carbocycles. The summed E-state index contributed by atoms with van der Waals surface area (Å²) in [6.45, 7) is 3.90. The molecule has 2 aromatic heterocycles. The van der Waals surface area contributed by atoms with Crippen molar-refractivity contribution in [3.8, 4) is 0 Å². The molecule has 4 saturated heterocycles. The molecule has 1 atom stereocenters. The van der Waals surface area contributed by atoms with Crippen molar-refractivity contribution in [2.24, 2.45) is 5.92 Å². The smallest absolute Gasteiger partial charge is 0.270 e. The zero-order valence-corrected chi connectivity index (χ0v) is 15.3. The first kappa shape index (κ1) is 16.7. The van der Waals surface area contributed by atoms with Crippen molar-refractivity contribution in [3.05, 3.63) is 24.2 Å². The Labute approximate surface area is 157 Å². The summed E-state index contributed by atoms with van der Waals surface area (Å²) < 4.78 is 5.58. The summed E-state index contributed by atoms with van der Waals surface area (Å²) in [6, 6.07) is 1.96. The summed E-state index contributed by atoms with van der Waals surface area (Å²) in [5, 5.41) is 3.95. The zero-order valence-electron chi connectivity index (χ0n) is 15.3. The summed E-state index contributed by atoms with van der Waals surface area (Å²) in [4.78, 5) is 33.6. The zero-order chi connectivity index (χ0) is 18.4. The molecule has 1 unspecified atom stereocenters. The molecule has 2 aromatic rings. The maximum absolute atomic E-state index is 12.8. The van der Waals surface area contributed by atoms with Crippen molar-refractivity contribution in [2.75, 3.05) is 31.1 Å². The van der Waals surface area contributed by atoms with Gasteiger partial charge in [0.05, 0.1) is 11.9 Å². The molecule has 0 aliphatic carbocycles. The Morgan fingerprint density at radius 3 is 2.81 bits per heavy atom. The van der Waals surface area contributed by atoms with Gasteiger partial charge in [-0.15, -0.1) is 0 Å². The van der Waals surface area contributed by atoms with Crippen molar-refractivity contribution in [1.29, 1.82) is 0 Å². The molecule has 0 spiro atoms. The molecule has 4 fully saturated rings. The number of pyridine rings is 1. The van der Waals surface area contributed by atoms with E-state index in [-0.39, 0.29) is 17.9 Å². The van der Waals surface area contributed by atoms with Crippen molar-refractivity contribution in [2.45, 2.75) is 38.1 Å². The molecule has 0 radical (unpaired) electrons. The van der Waals surface area contributed by atoms with Gasteiger partial charge in [-0.25, -0.2) is 4.98 Å². The first-order valence-electron chi connectivity index (χ1n) is 9.90. The van der Waals surface area contributed by atoms with E-state index in [0.29, 0.717) is 30.2 Å². The minimum atomic E-state index is -0.146. The van der Waals surface area contributed by atoms with Gasteiger partial charge in [0.15, 0.2) is 5.58 Å². The number of hydrogen-bond donors (Lipinski definition) is 1. The van der Waals surface area contributed by atoms with E-state index in [1.807, 2.05) is 0 Å². The number of amides is 2. The van der Waals surface area contributed by atoms with Gasteiger partial charge in [-0.3, -0.25) is 9.59 Å².